The Labute approximate surface area is 195 Å². The summed E-state index contributed by atoms with van der Waals surface area (Å²) in [6.07, 6.45) is 0. The minimum absolute atomic E-state index is 0.0171. The van der Waals surface area contributed by atoms with Crippen molar-refractivity contribution in [1.29, 1.82) is 0 Å². The van der Waals surface area contributed by atoms with Gasteiger partial charge in [0.25, 0.3) is 11.2 Å². The largest absolute Gasteiger partial charge is 0.325 e. The van der Waals surface area contributed by atoms with Gasteiger partial charge < -0.3 is 5.32 Å². The molecule has 1 amide bonds. The summed E-state index contributed by atoms with van der Waals surface area (Å²) in [6.45, 7) is 3.88. The first-order chi connectivity index (χ1) is 15.4. The normalized spacial score (nSPS) is 11.1. The molecule has 0 aliphatic carbocycles. The number of thioether (sulfide) groups is 1. The van der Waals surface area contributed by atoms with E-state index in [0.717, 1.165) is 10.4 Å². The number of carbonyl (C=O) groups excluding carboxylic acids is 1. The molecule has 0 saturated heterocycles. The van der Waals surface area contributed by atoms with Crippen molar-refractivity contribution in [3.63, 3.8) is 0 Å². The van der Waals surface area contributed by atoms with Crippen LogP contribution in [0.5, 0.6) is 0 Å². The molecule has 0 bridgehead atoms. The summed E-state index contributed by atoms with van der Waals surface area (Å²) in [4.78, 5) is 42.6. The highest BCUT2D eigenvalue weighted by molar-refractivity contribution is 7.99. The van der Waals surface area contributed by atoms with E-state index in [1.165, 1.54) is 35.2 Å². The monoisotopic (exact) mass is 486 g/mol. The van der Waals surface area contributed by atoms with E-state index in [1.807, 2.05) is 29.8 Å². The molecule has 1 aromatic carbocycles. The zero-order chi connectivity index (χ0) is 22.8. The molecule has 0 aliphatic rings. The number of nitro groups is 1. The van der Waals surface area contributed by atoms with Crippen molar-refractivity contribution in [2.45, 2.75) is 25.5 Å². The standard InChI is InChI=1S/C21H18N4O4S3/c1-3-24-20(27)18-13(16-8-5-9-30-16)10-31-19(18)23-21(24)32-11-17(26)22-14-6-4-7-15(12(14)2)25(28)29/h4-10H,3,11H2,1-2H3,(H,22,26). The van der Waals surface area contributed by atoms with Crippen LogP contribution in [-0.2, 0) is 11.3 Å². The van der Waals surface area contributed by atoms with Crippen LogP contribution in [0.15, 0.2) is 51.0 Å². The third-order valence-electron chi connectivity index (χ3n) is 4.87. The Bertz CT molecular complexity index is 1380. The molecule has 0 aliphatic heterocycles. The van der Waals surface area contributed by atoms with E-state index in [9.17, 15) is 19.7 Å². The molecule has 0 unspecified atom stereocenters. The van der Waals surface area contributed by atoms with Gasteiger partial charge in [-0.2, -0.15) is 0 Å². The topological polar surface area (TPSA) is 107 Å². The number of rotatable bonds is 7. The SMILES string of the molecule is CCn1c(SCC(=O)Nc2cccc([N+](=O)[O-])c2C)nc2scc(-c3cccs3)c2c1=O. The highest BCUT2D eigenvalue weighted by Crippen LogP contribution is 2.34. The second-order valence-corrected chi connectivity index (χ2v) is 9.54. The number of nitrogens with zero attached hydrogens (tertiary/aromatic N) is 3. The number of nitrogens with one attached hydrogen (secondary N) is 1. The molecular weight excluding hydrogens is 468 g/mol. The van der Waals surface area contributed by atoms with Crippen LogP contribution in [0.25, 0.3) is 20.7 Å². The highest BCUT2D eigenvalue weighted by Gasteiger charge is 2.19. The molecule has 4 rings (SSSR count). The lowest BCUT2D eigenvalue weighted by atomic mass is 10.1. The third-order valence-corrected chi connectivity index (χ3v) is 7.62. The molecule has 0 spiro atoms. The van der Waals surface area contributed by atoms with Gasteiger partial charge in [-0.3, -0.25) is 24.3 Å². The van der Waals surface area contributed by atoms with Crippen LogP contribution < -0.4 is 10.9 Å². The quantitative estimate of drug-likeness (QED) is 0.167. The average Bonchev–Trinajstić information content (AvgIpc) is 3.43. The van der Waals surface area contributed by atoms with Gasteiger partial charge in [-0.15, -0.1) is 22.7 Å². The van der Waals surface area contributed by atoms with Crippen LogP contribution in [0, 0.1) is 17.0 Å². The van der Waals surface area contributed by atoms with Crippen LogP contribution in [0.1, 0.15) is 12.5 Å². The molecule has 0 atom stereocenters. The lowest BCUT2D eigenvalue weighted by Gasteiger charge is -2.11. The predicted molar refractivity (Wildman–Crippen MR) is 130 cm³/mol. The van der Waals surface area contributed by atoms with Crippen molar-refractivity contribution in [1.82, 2.24) is 9.55 Å². The van der Waals surface area contributed by atoms with Crippen LogP contribution in [-0.4, -0.2) is 26.1 Å². The molecule has 0 saturated carbocycles. The lowest BCUT2D eigenvalue weighted by Crippen LogP contribution is -2.23. The first-order valence-corrected chi connectivity index (χ1v) is 12.4. The summed E-state index contributed by atoms with van der Waals surface area (Å²) in [5, 5.41) is 18.8. The van der Waals surface area contributed by atoms with Gasteiger partial charge in [-0.1, -0.05) is 23.9 Å². The molecule has 0 radical (unpaired) electrons. The Kier molecular flexibility index (Phi) is 6.40. The minimum Gasteiger partial charge on any atom is -0.325 e. The van der Waals surface area contributed by atoms with Gasteiger partial charge >= 0.3 is 0 Å². The van der Waals surface area contributed by atoms with Crippen LogP contribution in [0.2, 0.25) is 0 Å². The van der Waals surface area contributed by atoms with E-state index in [1.54, 1.807) is 28.9 Å². The molecular formula is C21H18N4O4S3. The Morgan fingerprint density at radius 1 is 1.28 bits per heavy atom. The van der Waals surface area contributed by atoms with Gasteiger partial charge in [-0.25, -0.2) is 4.98 Å². The van der Waals surface area contributed by atoms with Gasteiger partial charge in [0.1, 0.15) is 4.83 Å². The van der Waals surface area contributed by atoms with Crippen molar-refractivity contribution in [3.05, 3.63) is 67.1 Å². The fraction of sp³-hybridized carbons (Fsp3) is 0.190. The van der Waals surface area contributed by atoms with Crippen LogP contribution in [0.3, 0.4) is 0 Å². The summed E-state index contributed by atoms with van der Waals surface area (Å²) in [7, 11) is 0. The van der Waals surface area contributed by atoms with E-state index in [4.69, 9.17) is 0 Å². The van der Waals surface area contributed by atoms with Crippen molar-refractivity contribution < 1.29 is 9.72 Å². The van der Waals surface area contributed by atoms with E-state index in [0.29, 0.717) is 33.2 Å². The Morgan fingerprint density at radius 3 is 2.78 bits per heavy atom. The molecule has 0 fully saturated rings. The van der Waals surface area contributed by atoms with Crippen molar-refractivity contribution >= 4 is 61.9 Å². The fourth-order valence-corrected chi connectivity index (χ4v) is 5.95. The number of benzene rings is 1. The summed E-state index contributed by atoms with van der Waals surface area (Å²) >= 11 is 4.14. The van der Waals surface area contributed by atoms with E-state index in [2.05, 4.69) is 10.3 Å². The van der Waals surface area contributed by atoms with Gasteiger partial charge in [-0.05, 0) is 31.4 Å². The van der Waals surface area contributed by atoms with E-state index in [-0.39, 0.29) is 22.9 Å². The average molecular weight is 487 g/mol. The number of nitro benzene ring substituents is 1. The molecule has 3 aromatic heterocycles. The zero-order valence-electron chi connectivity index (χ0n) is 17.2. The summed E-state index contributed by atoms with van der Waals surface area (Å²) in [5.41, 5.74) is 1.48. The Balaban J connectivity index is 1.57. The van der Waals surface area contributed by atoms with E-state index < -0.39 is 4.92 Å². The van der Waals surface area contributed by atoms with Gasteiger partial charge in [0.2, 0.25) is 5.91 Å². The van der Waals surface area contributed by atoms with Crippen LogP contribution >= 0.6 is 34.4 Å². The second kappa shape index (κ2) is 9.23. The summed E-state index contributed by atoms with van der Waals surface area (Å²) < 4.78 is 1.57. The predicted octanol–water partition coefficient (Wildman–Crippen LogP) is 5.15. The number of fused-ring (bicyclic) bond motifs is 1. The molecule has 8 nitrogen and oxygen atoms in total. The minimum atomic E-state index is -0.482. The maximum atomic E-state index is 13.2. The van der Waals surface area contributed by atoms with Crippen molar-refractivity contribution in [3.8, 4) is 10.4 Å². The van der Waals surface area contributed by atoms with Gasteiger partial charge in [0.15, 0.2) is 5.16 Å². The first kappa shape index (κ1) is 22.2. The fourth-order valence-electron chi connectivity index (χ4n) is 3.28. The van der Waals surface area contributed by atoms with Crippen molar-refractivity contribution in [2.75, 3.05) is 11.1 Å². The number of thiophene rings is 2. The Morgan fingerprint density at radius 2 is 2.09 bits per heavy atom. The maximum Gasteiger partial charge on any atom is 0.274 e. The Hall–Kier alpha value is -3.02. The highest BCUT2D eigenvalue weighted by atomic mass is 32.2. The zero-order valence-corrected chi connectivity index (χ0v) is 19.6. The van der Waals surface area contributed by atoms with Crippen LogP contribution in [0.4, 0.5) is 11.4 Å². The first-order valence-electron chi connectivity index (χ1n) is 9.63. The molecule has 4 aromatic rings. The van der Waals surface area contributed by atoms with E-state index >= 15 is 0 Å². The number of carbonyl (C=O) groups is 1. The molecule has 32 heavy (non-hydrogen) atoms. The molecule has 11 heteroatoms. The summed E-state index contributed by atoms with van der Waals surface area (Å²) in [6, 6.07) is 8.46. The van der Waals surface area contributed by atoms with Crippen molar-refractivity contribution in [2.24, 2.45) is 0 Å². The molecule has 164 valence electrons. The number of anilines is 1. The third kappa shape index (κ3) is 4.18. The summed E-state index contributed by atoms with van der Waals surface area (Å²) in [5.74, 6) is -0.315. The lowest BCUT2D eigenvalue weighted by molar-refractivity contribution is -0.385. The van der Waals surface area contributed by atoms with Gasteiger partial charge in [0, 0.05) is 28.4 Å². The molecule has 3 heterocycles. The maximum absolute atomic E-state index is 13.2. The molecule has 1 N–H and O–H groups in total. The number of hydrogen-bond acceptors (Lipinski definition) is 8. The number of amides is 1. The second-order valence-electron chi connectivity index (χ2n) is 6.79. The number of aromatic nitrogens is 2. The smallest absolute Gasteiger partial charge is 0.274 e. The van der Waals surface area contributed by atoms with Gasteiger partial charge in [0.05, 0.1) is 27.3 Å². The number of hydrogen-bond donors (Lipinski definition) is 1.